The minimum atomic E-state index is -0.746. The maximum absolute atomic E-state index is 11.5. The molecule has 0 amide bonds. The van der Waals surface area contributed by atoms with Gasteiger partial charge in [0.1, 0.15) is 10.6 Å². The van der Waals surface area contributed by atoms with Gasteiger partial charge in [-0.1, -0.05) is 17.7 Å². The van der Waals surface area contributed by atoms with Crippen LogP contribution in [0.2, 0.25) is 5.02 Å². The Kier molecular flexibility index (Phi) is 3.84. The largest absolute Gasteiger partial charge is 0.459 e. The van der Waals surface area contributed by atoms with E-state index in [-0.39, 0.29) is 16.7 Å². The number of benzene rings is 1. The van der Waals surface area contributed by atoms with Gasteiger partial charge >= 0.3 is 11.7 Å². The number of esters is 1. The van der Waals surface area contributed by atoms with Crippen LogP contribution in [0.3, 0.4) is 0 Å². The molecule has 0 aliphatic rings. The second kappa shape index (κ2) is 4.94. The molecule has 0 atom stereocenters. The average Bonchev–Trinajstić information content (AvgIpc) is 2.15. The van der Waals surface area contributed by atoms with E-state index in [4.69, 9.17) is 16.3 Å². The molecular weight excluding hydrogens is 234 g/mol. The van der Waals surface area contributed by atoms with Crippen molar-refractivity contribution in [3.05, 3.63) is 38.9 Å². The molecule has 5 nitrogen and oxygen atoms in total. The number of rotatable bonds is 3. The first-order chi connectivity index (χ1) is 7.43. The van der Waals surface area contributed by atoms with Crippen molar-refractivity contribution in [1.29, 1.82) is 0 Å². The molecule has 0 aliphatic heterocycles. The molecule has 0 unspecified atom stereocenters. The molecule has 86 valence electrons. The minimum absolute atomic E-state index is 0.0804. The Hall–Kier alpha value is -1.62. The quantitative estimate of drug-likeness (QED) is 0.465. The lowest BCUT2D eigenvalue weighted by atomic mass is 10.2. The molecule has 0 heterocycles. The van der Waals surface area contributed by atoms with E-state index in [1.807, 2.05) is 0 Å². The van der Waals surface area contributed by atoms with Gasteiger partial charge < -0.3 is 4.74 Å². The first-order valence-corrected chi connectivity index (χ1v) is 4.95. The summed E-state index contributed by atoms with van der Waals surface area (Å²) in [6, 6.07) is 4.13. The number of nitro groups is 1. The summed E-state index contributed by atoms with van der Waals surface area (Å²) in [5, 5.41) is 10.7. The van der Waals surface area contributed by atoms with Gasteiger partial charge in [0.25, 0.3) is 0 Å². The van der Waals surface area contributed by atoms with Crippen LogP contribution in [0.25, 0.3) is 0 Å². The molecule has 1 rings (SSSR count). The van der Waals surface area contributed by atoms with Crippen LogP contribution >= 0.6 is 11.6 Å². The molecule has 0 radical (unpaired) electrons. The van der Waals surface area contributed by atoms with Crippen LogP contribution in [0.15, 0.2) is 18.2 Å². The number of ether oxygens (including phenoxy) is 1. The van der Waals surface area contributed by atoms with Crippen molar-refractivity contribution >= 4 is 23.3 Å². The maximum Gasteiger partial charge on any atom is 0.345 e. The Morgan fingerprint density at radius 1 is 1.50 bits per heavy atom. The summed E-state index contributed by atoms with van der Waals surface area (Å²) >= 11 is 5.66. The van der Waals surface area contributed by atoms with E-state index >= 15 is 0 Å². The van der Waals surface area contributed by atoms with E-state index < -0.39 is 16.6 Å². The van der Waals surface area contributed by atoms with Crippen molar-refractivity contribution in [2.24, 2.45) is 0 Å². The summed E-state index contributed by atoms with van der Waals surface area (Å²) < 4.78 is 4.88. The van der Waals surface area contributed by atoms with Crippen molar-refractivity contribution < 1.29 is 14.5 Å². The summed E-state index contributed by atoms with van der Waals surface area (Å²) in [4.78, 5) is 21.6. The van der Waals surface area contributed by atoms with E-state index in [1.165, 1.54) is 18.2 Å². The second-order valence-electron chi connectivity index (χ2n) is 3.35. The van der Waals surface area contributed by atoms with E-state index in [1.54, 1.807) is 13.8 Å². The number of nitro benzene ring substituents is 1. The van der Waals surface area contributed by atoms with Gasteiger partial charge in [0.05, 0.1) is 11.0 Å². The van der Waals surface area contributed by atoms with Crippen LogP contribution in [0, 0.1) is 10.1 Å². The first-order valence-electron chi connectivity index (χ1n) is 4.57. The molecule has 0 saturated carbocycles. The monoisotopic (exact) mass is 243 g/mol. The molecule has 16 heavy (non-hydrogen) atoms. The third kappa shape index (κ3) is 2.70. The van der Waals surface area contributed by atoms with E-state index in [0.29, 0.717) is 0 Å². The zero-order valence-corrected chi connectivity index (χ0v) is 9.52. The van der Waals surface area contributed by atoms with Crippen molar-refractivity contribution in [3.8, 4) is 0 Å². The summed E-state index contributed by atoms with van der Waals surface area (Å²) in [6.07, 6.45) is -0.342. The highest BCUT2D eigenvalue weighted by Crippen LogP contribution is 2.28. The molecule has 0 aromatic heterocycles. The van der Waals surface area contributed by atoms with Gasteiger partial charge in [0, 0.05) is 0 Å². The molecule has 0 aliphatic carbocycles. The molecule has 1 aromatic rings. The molecule has 0 saturated heterocycles. The highest BCUT2D eigenvalue weighted by Gasteiger charge is 2.25. The van der Waals surface area contributed by atoms with Gasteiger partial charge in [-0.3, -0.25) is 10.1 Å². The fraction of sp³-hybridized carbons (Fsp3) is 0.300. The number of nitrogens with zero attached hydrogens (tertiary/aromatic N) is 1. The van der Waals surface area contributed by atoms with Crippen molar-refractivity contribution in [2.75, 3.05) is 0 Å². The van der Waals surface area contributed by atoms with Crippen LogP contribution in [0.5, 0.6) is 0 Å². The zero-order valence-electron chi connectivity index (χ0n) is 8.77. The Morgan fingerprint density at radius 2 is 2.12 bits per heavy atom. The summed E-state index contributed by atoms with van der Waals surface area (Å²) in [6.45, 7) is 3.32. The number of carbonyl (C=O) groups excluding carboxylic acids is 1. The Labute approximate surface area is 97.1 Å². The zero-order chi connectivity index (χ0) is 12.3. The third-order valence-electron chi connectivity index (χ3n) is 1.73. The number of hydrogen-bond donors (Lipinski definition) is 0. The fourth-order valence-corrected chi connectivity index (χ4v) is 1.39. The number of halogens is 1. The normalized spacial score (nSPS) is 10.2. The van der Waals surface area contributed by atoms with Crippen molar-refractivity contribution in [3.63, 3.8) is 0 Å². The predicted octanol–water partition coefficient (Wildman–Crippen LogP) is 2.81. The lowest BCUT2D eigenvalue weighted by Crippen LogP contribution is -2.13. The summed E-state index contributed by atoms with van der Waals surface area (Å²) in [7, 11) is 0. The van der Waals surface area contributed by atoms with Crippen molar-refractivity contribution in [1.82, 2.24) is 0 Å². The summed E-state index contributed by atoms with van der Waals surface area (Å²) in [5.74, 6) is -0.746. The van der Waals surface area contributed by atoms with Crippen LogP contribution in [-0.4, -0.2) is 17.0 Å². The van der Waals surface area contributed by atoms with Crippen LogP contribution in [-0.2, 0) is 4.74 Å². The van der Waals surface area contributed by atoms with Gasteiger partial charge in [-0.05, 0) is 26.0 Å². The van der Waals surface area contributed by atoms with E-state index in [2.05, 4.69) is 0 Å². The predicted molar refractivity (Wildman–Crippen MR) is 58.7 cm³/mol. The lowest BCUT2D eigenvalue weighted by Gasteiger charge is -2.08. The number of carbonyl (C=O) groups is 1. The second-order valence-corrected chi connectivity index (χ2v) is 3.75. The molecule has 0 spiro atoms. The standard InChI is InChI=1S/C10H10ClNO4/c1-6(2)16-10(13)7-4-3-5-8(11)9(7)12(14)15/h3-6H,1-2H3. The van der Waals surface area contributed by atoms with Gasteiger partial charge in [0.2, 0.25) is 0 Å². The first kappa shape index (κ1) is 12.4. The highest BCUT2D eigenvalue weighted by molar-refractivity contribution is 6.33. The Bertz CT molecular complexity index is 431. The molecule has 1 aromatic carbocycles. The van der Waals surface area contributed by atoms with Gasteiger partial charge in [-0.25, -0.2) is 4.79 Å². The lowest BCUT2D eigenvalue weighted by molar-refractivity contribution is -0.385. The Balaban J connectivity index is 3.18. The maximum atomic E-state index is 11.5. The smallest absolute Gasteiger partial charge is 0.345 e. The molecule has 0 N–H and O–H groups in total. The number of hydrogen-bond acceptors (Lipinski definition) is 4. The SMILES string of the molecule is CC(C)OC(=O)c1cccc(Cl)c1[N+](=O)[O-]. The highest BCUT2D eigenvalue weighted by atomic mass is 35.5. The summed E-state index contributed by atoms with van der Waals surface area (Å²) in [5.41, 5.74) is -0.555. The molecule has 0 bridgehead atoms. The Morgan fingerprint density at radius 3 is 2.62 bits per heavy atom. The molecule has 0 fully saturated rings. The topological polar surface area (TPSA) is 69.4 Å². The minimum Gasteiger partial charge on any atom is -0.459 e. The molecule has 6 heteroatoms. The molecular formula is C10H10ClNO4. The number of para-hydroxylation sites is 1. The van der Waals surface area contributed by atoms with Crippen molar-refractivity contribution in [2.45, 2.75) is 20.0 Å². The van der Waals surface area contributed by atoms with Crippen LogP contribution in [0.1, 0.15) is 24.2 Å². The van der Waals surface area contributed by atoms with E-state index in [9.17, 15) is 14.9 Å². The van der Waals surface area contributed by atoms with Crippen LogP contribution in [0.4, 0.5) is 5.69 Å². The fourth-order valence-electron chi connectivity index (χ4n) is 1.14. The van der Waals surface area contributed by atoms with Crippen LogP contribution < -0.4 is 0 Å². The van der Waals surface area contributed by atoms with Gasteiger partial charge in [0.15, 0.2) is 0 Å². The third-order valence-corrected chi connectivity index (χ3v) is 2.04. The van der Waals surface area contributed by atoms with Gasteiger partial charge in [-0.15, -0.1) is 0 Å². The average molecular weight is 244 g/mol. The van der Waals surface area contributed by atoms with Gasteiger partial charge in [-0.2, -0.15) is 0 Å². The van der Waals surface area contributed by atoms with E-state index in [0.717, 1.165) is 0 Å².